The molecule has 0 saturated carbocycles. The van der Waals surface area contributed by atoms with Crippen LogP contribution in [0.15, 0.2) is 52.4 Å². The molecule has 2 aliphatic rings. The van der Waals surface area contributed by atoms with Gasteiger partial charge in [-0.3, -0.25) is 19.4 Å². The van der Waals surface area contributed by atoms with Crippen LogP contribution < -0.4 is 5.32 Å². The molecule has 2 saturated heterocycles. The number of hydrogen-bond acceptors (Lipinski definition) is 7. The molecule has 2 heterocycles. The van der Waals surface area contributed by atoms with E-state index < -0.39 is 11.0 Å². The molecule has 7 nitrogen and oxygen atoms in total. The maximum absolute atomic E-state index is 13.4. The van der Waals surface area contributed by atoms with Crippen molar-refractivity contribution in [3.8, 4) is 0 Å². The van der Waals surface area contributed by atoms with Crippen molar-refractivity contribution >= 4 is 51.9 Å². The van der Waals surface area contributed by atoms with Crippen LogP contribution in [0, 0.1) is 13.8 Å². The van der Waals surface area contributed by atoms with Gasteiger partial charge < -0.3 is 10.1 Å². The minimum Gasteiger partial charge on any atom is -0.379 e. The smallest absolute Gasteiger partial charge is 0.288 e. The molecule has 1 atom stereocenters. The summed E-state index contributed by atoms with van der Waals surface area (Å²) in [6.45, 7) is 7.95. The number of carbonyl (C=O) groups is 2. The molecule has 37 heavy (non-hydrogen) atoms. The van der Waals surface area contributed by atoms with Crippen LogP contribution in [-0.4, -0.2) is 77.2 Å². The van der Waals surface area contributed by atoms with E-state index in [2.05, 4.69) is 15.2 Å². The van der Waals surface area contributed by atoms with Gasteiger partial charge in [0.2, 0.25) is 11.8 Å². The lowest BCUT2D eigenvalue weighted by atomic mass is 10.1. The predicted molar refractivity (Wildman–Crippen MR) is 145 cm³/mol. The van der Waals surface area contributed by atoms with Crippen LogP contribution in [0.1, 0.15) is 17.5 Å². The lowest BCUT2D eigenvalue weighted by Gasteiger charge is -2.28. The lowest BCUT2D eigenvalue weighted by Crippen LogP contribution is -2.43. The fraction of sp³-hybridized carbons (Fsp3) is 0.423. The van der Waals surface area contributed by atoms with Gasteiger partial charge in [-0.15, -0.1) is 0 Å². The van der Waals surface area contributed by atoms with Crippen molar-refractivity contribution in [3.05, 3.63) is 53.6 Å². The number of anilines is 1. The average Bonchev–Trinajstić information content (AvgIpc) is 3.14. The zero-order valence-electron chi connectivity index (χ0n) is 20.8. The van der Waals surface area contributed by atoms with Crippen LogP contribution in [0.4, 0.5) is 20.2 Å². The van der Waals surface area contributed by atoms with E-state index >= 15 is 0 Å². The SMILES string of the molecule is Cc1ccc(NC(=O)CC2SC(=Nc3ccc(SC(F)F)cc3)N(CCN3CCOCC3)C2=O)c(C)c1. The number of halogens is 2. The molecule has 2 aromatic carbocycles. The number of aliphatic imine (C=N–C) groups is 1. The molecule has 198 valence electrons. The first kappa shape index (κ1) is 27.6. The number of aryl methyl sites for hydroxylation is 2. The Balaban J connectivity index is 1.47. The monoisotopic (exact) mass is 548 g/mol. The van der Waals surface area contributed by atoms with Crippen molar-refractivity contribution in [3.63, 3.8) is 0 Å². The van der Waals surface area contributed by atoms with E-state index in [-0.39, 0.29) is 18.2 Å². The van der Waals surface area contributed by atoms with Gasteiger partial charge in [0.25, 0.3) is 5.76 Å². The number of amidine groups is 1. The van der Waals surface area contributed by atoms with E-state index in [4.69, 9.17) is 4.74 Å². The van der Waals surface area contributed by atoms with Crippen LogP contribution >= 0.6 is 23.5 Å². The molecule has 0 bridgehead atoms. The fourth-order valence-electron chi connectivity index (χ4n) is 4.13. The van der Waals surface area contributed by atoms with Gasteiger partial charge >= 0.3 is 0 Å². The highest BCUT2D eigenvalue weighted by atomic mass is 32.2. The van der Waals surface area contributed by atoms with Gasteiger partial charge in [0.15, 0.2) is 5.17 Å². The van der Waals surface area contributed by atoms with Crippen LogP contribution in [0.2, 0.25) is 0 Å². The topological polar surface area (TPSA) is 74.2 Å². The molecule has 1 unspecified atom stereocenters. The van der Waals surface area contributed by atoms with E-state index in [1.807, 2.05) is 32.0 Å². The molecular weight excluding hydrogens is 518 g/mol. The summed E-state index contributed by atoms with van der Waals surface area (Å²) in [6, 6.07) is 12.3. The molecule has 0 aliphatic carbocycles. The van der Waals surface area contributed by atoms with Gasteiger partial charge in [-0.25, -0.2) is 4.99 Å². The van der Waals surface area contributed by atoms with E-state index in [1.54, 1.807) is 29.2 Å². The zero-order chi connectivity index (χ0) is 26.4. The summed E-state index contributed by atoms with van der Waals surface area (Å²) in [6.07, 6.45) is 0.0217. The van der Waals surface area contributed by atoms with E-state index in [9.17, 15) is 18.4 Å². The van der Waals surface area contributed by atoms with Gasteiger partial charge in [-0.2, -0.15) is 8.78 Å². The van der Waals surface area contributed by atoms with E-state index in [1.165, 1.54) is 11.8 Å². The second-order valence-corrected chi connectivity index (χ2v) is 11.1. The Labute approximate surface area is 224 Å². The van der Waals surface area contributed by atoms with Crippen LogP contribution in [0.25, 0.3) is 0 Å². The molecule has 11 heteroatoms. The number of ether oxygens (including phenoxy) is 1. The van der Waals surface area contributed by atoms with E-state index in [0.29, 0.717) is 53.8 Å². The second-order valence-electron chi connectivity index (χ2n) is 8.89. The minimum atomic E-state index is -2.49. The Hall–Kier alpha value is -2.47. The number of carbonyl (C=O) groups excluding carboxylic acids is 2. The van der Waals surface area contributed by atoms with Crippen LogP contribution in [0.3, 0.4) is 0 Å². The summed E-state index contributed by atoms with van der Waals surface area (Å²) >= 11 is 1.74. The molecule has 4 rings (SSSR count). The second kappa shape index (κ2) is 12.9. The number of nitrogens with zero attached hydrogens (tertiary/aromatic N) is 3. The Morgan fingerprint density at radius 1 is 1.16 bits per heavy atom. The summed E-state index contributed by atoms with van der Waals surface area (Å²) in [5, 5.41) is 2.84. The van der Waals surface area contributed by atoms with Crippen molar-refractivity contribution in [2.75, 3.05) is 44.7 Å². The predicted octanol–water partition coefficient (Wildman–Crippen LogP) is 4.91. The van der Waals surface area contributed by atoms with Gasteiger partial charge in [0.1, 0.15) is 5.25 Å². The number of thioether (sulfide) groups is 2. The number of benzene rings is 2. The number of hydrogen-bond donors (Lipinski definition) is 1. The summed E-state index contributed by atoms with van der Waals surface area (Å²) in [5.74, 6) is -2.88. The first-order valence-electron chi connectivity index (χ1n) is 12.1. The Bertz CT molecular complexity index is 1140. The highest BCUT2D eigenvalue weighted by molar-refractivity contribution is 8.15. The van der Waals surface area contributed by atoms with Gasteiger partial charge in [-0.1, -0.05) is 41.2 Å². The lowest BCUT2D eigenvalue weighted by molar-refractivity contribution is -0.128. The van der Waals surface area contributed by atoms with Crippen molar-refractivity contribution in [2.45, 2.75) is 36.2 Å². The van der Waals surface area contributed by atoms with Crippen molar-refractivity contribution in [2.24, 2.45) is 4.99 Å². The van der Waals surface area contributed by atoms with Crippen molar-refractivity contribution in [1.82, 2.24) is 9.80 Å². The molecule has 2 amide bonds. The van der Waals surface area contributed by atoms with Crippen LogP contribution in [-0.2, 0) is 14.3 Å². The average molecular weight is 549 g/mol. The Morgan fingerprint density at radius 3 is 2.57 bits per heavy atom. The van der Waals surface area contributed by atoms with Gasteiger partial charge in [0, 0.05) is 43.2 Å². The largest absolute Gasteiger partial charge is 0.379 e. The highest BCUT2D eigenvalue weighted by Gasteiger charge is 2.39. The zero-order valence-corrected chi connectivity index (χ0v) is 22.4. The maximum atomic E-state index is 13.4. The molecule has 2 aliphatic heterocycles. The number of alkyl halides is 2. The normalized spacial score (nSPS) is 19.7. The van der Waals surface area contributed by atoms with Gasteiger partial charge in [0.05, 0.1) is 18.9 Å². The third-order valence-corrected chi connectivity index (χ3v) is 7.97. The quantitative estimate of drug-likeness (QED) is 0.449. The standard InChI is InChI=1S/C26H30F2N4O3S2/c1-17-3-8-21(18(2)15-17)30-23(33)16-22-24(34)32(10-9-31-11-13-35-14-12-31)26(37-22)29-19-4-6-20(7-5-19)36-25(27)28/h3-8,15,22,25H,9-14,16H2,1-2H3,(H,30,33). The minimum absolute atomic E-state index is 0.0217. The van der Waals surface area contributed by atoms with Gasteiger partial charge in [-0.05, 0) is 49.7 Å². The third-order valence-electron chi connectivity index (χ3n) is 6.08. The molecule has 2 fully saturated rings. The molecular formula is C26H30F2N4O3S2. The molecule has 0 spiro atoms. The fourth-order valence-corrected chi connectivity index (χ4v) is 5.82. The molecule has 1 N–H and O–H groups in total. The number of nitrogens with one attached hydrogen (secondary N) is 1. The number of amides is 2. The third kappa shape index (κ3) is 7.76. The number of morpholine rings is 1. The Morgan fingerprint density at radius 2 is 1.89 bits per heavy atom. The highest BCUT2D eigenvalue weighted by Crippen LogP contribution is 2.33. The summed E-state index contributed by atoms with van der Waals surface area (Å²) < 4.78 is 30.7. The first-order chi connectivity index (χ1) is 17.8. The summed E-state index contributed by atoms with van der Waals surface area (Å²) in [4.78, 5) is 35.2. The Kier molecular flexibility index (Phi) is 9.58. The van der Waals surface area contributed by atoms with Crippen LogP contribution in [0.5, 0.6) is 0 Å². The summed E-state index contributed by atoms with van der Waals surface area (Å²) in [5.41, 5.74) is 3.35. The maximum Gasteiger partial charge on any atom is 0.288 e. The summed E-state index contributed by atoms with van der Waals surface area (Å²) in [7, 11) is 0. The number of rotatable bonds is 9. The molecule has 0 aromatic heterocycles. The first-order valence-corrected chi connectivity index (χ1v) is 13.8. The molecule has 0 radical (unpaired) electrons. The van der Waals surface area contributed by atoms with E-state index in [0.717, 1.165) is 29.9 Å². The molecule has 2 aromatic rings. The van der Waals surface area contributed by atoms with Crippen molar-refractivity contribution < 1.29 is 23.1 Å². The van der Waals surface area contributed by atoms with Crippen molar-refractivity contribution in [1.29, 1.82) is 0 Å².